The van der Waals surface area contributed by atoms with Gasteiger partial charge in [-0.25, -0.2) is 9.37 Å². The van der Waals surface area contributed by atoms with Crippen molar-refractivity contribution in [3.8, 4) is 11.3 Å². The Kier molecular flexibility index (Phi) is 5.92. The predicted octanol–water partition coefficient (Wildman–Crippen LogP) is 3.94. The van der Waals surface area contributed by atoms with Gasteiger partial charge in [-0.15, -0.1) is 0 Å². The Bertz CT molecular complexity index is 1220. The van der Waals surface area contributed by atoms with Crippen molar-refractivity contribution in [3.63, 3.8) is 0 Å². The van der Waals surface area contributed by atoms with Crippen LogP contribution in [0.15, 0.2) is 59.5 Å². The number of H-pyrrole nitrogens is 1. The first kappa shape index (κ1) is 20.3. The van der Waals surface area contributed by atoms with E-state index in [2.05, 4.69) is 20.1 Å². The second-order valence-electron chi connectivity index (χ2n) is 7.29. The number of pyridine rings is 1. The fraction of sp³-hybridized carbons (Fsp3) is 0.227. The molecule has 0 aliphatic heterocycles. The molecule has 0 radical (unpaired) electrons. The highest BCUT2D eigenvalue weighted by Crippen LogP contribution is 2.18. The molecule has 0 aliphatic carbocycles. The maximum absolute atomic E-state index is 13.1. The summed E-state index contributed by atoms with van der Waals surface area (Å²) < 4.78 is 14.5. The molecule has 154 valence electrons. The SMILES string of the molecule is CN(CCCc1cc(-c2ccc(F)cc2)n[nH]1)Cc1cc(=O)n2cc(Cl)ccc2n1. The van der Waals surface area contributed by atoms with Crippen LogP contribution in [-0.4, -0.2) is 38.1 Å². The Morgan fingerprint density at radius 2 is 1.97 bits per heavy atom. The van der Waals surface area contributed by atoms with E-state index in [9.17, 15) is 9.18 Å². The number of fused-ring (bicyclic) bond motifs is 1. The van der Waals surface area contributed by atoms with Gasteiger partial charge in [0.2, 0.25) is 0 Å². The predicted molar refractivity (Wildman–Crippen MR) is 115 cm³/mol. The molecular weight excluding hydrogens is 405 g/mol. The second kappa shape index (κ2) is 8.77. The molecule has 0 atom stereocenters. The van der Waals surface area contributed by atoms with Crippen molar-refractivity contribution >= 4 is 17.2 Å². The van der Waals surface area contributed by atoms with Crippen molar-refractivity contribution in [2.24, 2.45) is 0 Å². The summed E-state index contributed by atoms with van der Waals surface area (Å²) in [6, 6.07) is 13.3. The summed E-state index contributed by atoms with van der Waals surface area (Å²) >= 11 is 5.95. The normalized spacial score (nSPS) is 11.5. The van der Waals surface area contributed by atoms with Gasteiger partial charge in [0, 0.05) is 30.1 Å². The van der Waals surface area contributed by atoms with Gasteiger partial charge in [-0.2, -0.15) is 5.10 Å². The monoisotopic (exact) mass is 425 g/mol. The van der Waals surface area contributed by atoms with Crippen LogP contribution in [0.3, 0.4) is 0 Å². The summed E-state index contributed by atoms with van der Waals surface area (Å²) in [5, 5.41) is 7.85. The van der Waals surface area contributed by atoms with Crippen LogP contribution in [0.25, 0.3) is 16.9 Å². The average molecular weight is 426 g/mol. The molecule has 30 heavy (non-hydrogen) atoms. The molecule has 0 unspecified atom stereocenters. The van der Waals surface area contributed by atoms with E-state index in [1.165, 1.54) is 16.5 Å². The summed E-state index contributed by atoms with van der Waals surface area (Å²) in [4.78, 5) is 19.0. The van der Waals surface area contributed by atoms with E-state index in [-0.39, 0.29) is 11.4 Å². The van der Waals surface area contributed by atoms with Gasteiger partial charge in [-0.1, -0.05) is 11.6 Å². The molecule has 8 heteroatoms. The number of halogens is 2. The molecule has 1 N–H and O–H groups in total. The number of rotatable bonds is 7. The smallest absolute Gasteiger partial charge is 0.258 e. The molecular formula is C22H21ClFN5O. The van der Waals surface area contributed by atoms with Gasteiger partial charge in [-0.05, 0) is 68.9 Å². The number of nitrogens with one attached hydrogen (secondary N) is 1. The van der Waals surface area contributed by atoms with Gasteiger partial charge in [0.25, 0.3) is 5.56 Å². The average Bonchev–Trinajstić information content (AvgIpc) is 3.18. The second-order valence-corrected chi connectivity index (χ2v) is 7.72. The highest BCUT2D eigenvalue weighted by molar-refractivity contribution is 6.30. The van der Waals surface area contributed by atoms with E-state index in [0.29, 0.717) is 17.2 Å². The van der Waals surface area contributed by atoms with Crippen molar-refractivity contribution in [2.45, 2.75) is 19.4 Å². The molecule has 6 nitrogen and oxygen atoms in total. The minimum absolute atomic E-state index is 0.142. The van der Waals surface area contributed by atoms with Gasteiger partial charge in [0.05, 0.1) is 16.4 Å². The number of aromatic amines is 1. The molecule has 1 aromatic carbocycles. The number of nitrogens with zero attached hydrogens (tertiary/aromatic N) is 4. The van der Waals surface area contributed by atoms with Gasteiger partial charge in [0.15, 0.2) is 0 Å². The van der Waals surface area contributed by atoms with Crippen LogP contribution in [0.4, 0.5) is 4.39 Å². The van der Waals surface area contributed by atoms with E-state index >= 15 is 0 Å². The quantitative estimate of drug-likeness (QED) is 0.487. The maximum Gasteiger partial charge on any atom is 0.258 e. The lowest BCUT2D eigenvalue weighted by Crippen LogP contribution is -2.23. The van der Waals surface area contributed by atoms with Gasteiger partial charge < -0.3 is 4.90 Å². The number of benzene rings is 1. The first-order chi connectivity index (χ1) is 14.5. The Morgan fingerprint density at radius 1 is 1.17 bits per heavy atom. The van der Waals surface area contributed by atoms with E-state index in [0.717, 1.165) is 42.0 Å². The van der Waals surface area contributed by atoms with Gasteiger partial charge >= 0.3 is 0 Å². The third-order valence-electron chi connectivity index (χ3n) is 4.87. The zero-order chi connectivity index (χ0) is 21.1. The minimum Gasteiger partial charge on any atom is -0.301 e. The molecule has 0 fully saturated rings. The van der Waals surface area contributed by atoms with Crippen molar-refractivity contribution in [3.05, 3.63) is 87.3 Å². The highest BCUT2D eigenvalue weighted by atomic mass is 35.5. The lowest BCUT2D eigenvalue weighted by molar-refractivity contribution is 0.318. The highest BCUT2D eigenvalue weighted by Gasteiger charge is 2.08. The van der Waals surface area contributed by atoms with E-state index < -0.39 is 0 Å². The number of hydrogen-bond acceptors (Lipinski definition) is 4. The number of hydrogen-bond donors (Lipinski definition) is 1. The molecule has 0 saturated heterocycles. The summed E-state index contributed by atoms with van der Waals surface area (Å²) in [5.41, 5.74) is 3.88. The van der Waals surface area contributed by atoms with E-state index in [1.807, 2.05) is 13.1 Å². The molecule has 0 aliphatic rings. The molecule has 4 rings (SSSR count). The van der Waals surface area contributed by atoms with Crippen LogP contribution in [0, 0.1) is 5.82 Å². The first-order valence-corrected chi connectivity index (χ1v) is 10.0. The fourth-order valence-corrected chi connectivity index (χ4v) is 3.52. The summed E-state index contributed by atoms with van der Waals surface area (Å²) in [5.74, 6) is -0.259. The molecule has 4 aromatic rings. The van der Waals surface area contributed by atoms with Crippen LogP contribution in [0.1, 0.15) is 17.8 Å². The molecule has 0 bridgehead atoms. The van der Waals surface area contributed by atoms with Crippen LogP contribution in [0.2, 0.25) is 5.02 Å². The summed E-state index contributed by atoms with van der Waals surface area (Å²) in [7, 11) is 2.00. The van der Waals surface area contributed by atoms with Crippen molar-refractivity contribution in [1.82, 2.24) is 24.5 Å². The van der Waals surface area contributed by atoms with Gasteiger partial charge in [-0.3, -0.25) is 14.3 Å². The van der Waals surface area contributed by atoms with Gasteiger partial charge in [0.1, 0.15) is 11.5 Å². The van der Waals surface area contributed by atoms with Crippen molar-refractivity contribution in [2.75, 3.05) is 13.6 Å². The van der Waals surface area contributed by atoms with Crippen molar-refractivity contribution in [1.29, 1.82) is 0 Å². The minimum atomic E-state index is -0.259. The van der Waals surface area contributed by atoms with E-state index in [4.69, 9.17) is 11.6 Å². The van der Waals surface area contributed by atoms with Crippen molar-refractivity contribution < 1.29 is 4.39 Å². The van der Waals surface area contributed by atoms with E-state index in [1.54, 1.807) is 36.5 Å². The zero-order valence-corrected chi connectivity index (χ0v) is 17.2. The summed E-state index contributed by atoms with van der Waals surface area (Å²) in [6.45, 7) is 1.42. The maximum atomic E-state index is 13.1. The third-order valence-corrected chi connectivity index (χ3v) is 5.09. The zero-order valence-electron chi connectivity index (χ0n) is 16.5. The first-order valence-electron chi connectivity index (χ1n) is 9.64. The van der Waals surface area contributed by atoms with Crippen LogP contribution < -0.4 is 5.56 Å². The Balaban J connectivity index is 1.33. The molecule has 0 amide bonds. The topological polar surface area (TPSA) is 66.3 Å². The van der Waals surface area contributed by atoms with Crippen LogP contribution in [0.5, 0.6) is 0 Å². The Morgan fingerprint density at radius 3 is 2.77 bits per heavy atom. The number of aromatic nitrogens is 4. The molecule has 0 spiro atoms. The molecule has 3 heterocycles. The summed E-state index contributed by atoms with van der Waals surface area (Å²) in [6.07, 6.45) is 3.33. The largest absolute Gasteiger partial charge is 0.301 e. The number of aryl methyl sites for hydroxylation is 1. The molecule has 0 saturated carbocycles. The van der Waals surface area contributed by atoms with Crippen LogP contribution >= 0.6 is 11.6 Å². The standard InChI is InChI=1S/C22H21ClFN5O/c1-28(14-19-12-22(30)29-13-16(23)6-9-21(29)25-19)10-2-3-18-11-20(27-26-18)15-4-7-17(24)8-5-15/h4-9,11-13H,2-3,10,14H2,1H3,(H,26,27). The molecule has 3 aromatic heterocycles. The Labute approximate surface area is 178 Å². The lowest BCUT2D eigenvalue weighted by Gasteiger charge is -2.16. The van der Waals surface area contributed by atoms with Crippen LogP contribution in [-0.2, 0) is 13.0 Å². The Hall–Kier alpha value is -3.03. The third kappa shape index (κ3) is 4.75. The lowest BCUT2D eigenvalue weighted by atomic mass is 10.1. The fourth-order valence-electron chi connectivity index (χ4n) is 3.36.